The van der Waals surface area contributed by atoms with Crippen molar-refractivity contribution in [3.63, 3.8) is 0 Å². The van der Waals surface area contributed by atoms with Gasteiger partial charge in [0.2, 0.25) is 11.8 Å². The molecule has 45 heavy (non-hydrogen) atoms. The number of rotatable bonds is 8. The van der Waals surface area contributed by atoms with Crippen molar-refractivity contribution >= 4 is 51.8 Å². The second-order valence-corrected chi connectivity index (χ2v) is 13.2. The van der Waals surface area contributed by atoms with E-state index in [0.717, 1.165) is 19.3 Å². The third kappa shape index (κ3) is 10.3. The van der Waals surface area contributed by atoms with E-state index in [4.69, 9.17) is 21.1 Å². The molecular weight excluding hydrogens is 618 g/mol. The Balaban J connectivity index is 1.39. The number of benzene rings is 1. The highest BCUT2D eigenvalue weighted by atomic mass is 35.5. The minimum Gasteiger partial charge on any atom is -0.489 e. The number of hydrogen-bond donors (Lipinski definition) is 3. The number of fused-ring (bicyclic) bond motifs is 1. The lowest BCUT2D eigenvalue weighted by Crippen LogP contribution is -2.52. The van der Waals surface area contributed by atoms with Crippen molar-refractivity contribution in [1.82, 2.24) is 20.5 Å². The van der Waals surface area contributed by atoms with E-state index < -0.39 is 11.9 Å². The van der Waals surface area contributed by atoms with Crippen LogP contribution in [0.3, 0.4) is 0 Å². The zero-order chi connectivity index (χ0) is 32.4. The molecule has 0 unspecified atom stereocenters. The summed E-state index contributed by atoms with van der Waals surface area (Å²) in [7, 11) is 0. The summed E-state index contributed by atoms with van der Waals surface area (Å²) in [6, 6.07) is 4.17. The molecule has 3 heterocycles. The number of amides is 3. The second-order valence-electron chi connectivity index (χ2n) is 12.0. The number of piperidine rings is 1. The molecule has 0 aliphatic carbocycles. The number of allylic oxidation sites excluding steroid dienone is 1. The molecule has 2 aliphatic rings. The van der Waals surface area contributed by atoms with Gasteiger partial charge in [-0.3, -0.25) is 24.1 Å². The third-order valence-corrected chi connectivity index (χ3v) is 8.96. The summed E-state index contributed by atoms with van der Waals surface area (Å²) < 4.78 is 10.9. The maximum Gasteiger partial charge on any atom is 0.311 e. The molecule has 2 aliphatic heterocycles. The van der Waals surface area contributed by atoms with Crippen molar-refractivity contribution in [3.05, 3.63) is 52.0 Å². The Morgan fingerprint density at radius 2 is 2.02 bits per heavy atom. The van der Waals surface area contributed by atoms with Crippen LogP contribution in [-0.4, -0.2) is 79.0 Å². The first-order valence-electron chi connectivity index (χ1n) is 15.3. The monoisotopic (exact) mass is 659 g/mol. The maximum atomic E-state index is 13.5. The molecule has 1 saturated heterocycles. The van der Waals surface area contributed by atoms with Gasteiger partial charge in [-0.2, -0.15) is 0 Å². The number of nitrogens with zero attached hydrogens (tertiary/aromatic N) is 2. The van der Waals surface area contributed by atoms with Crippen LogP contribution in [0.5, 0.6) is 5.75 Å². The van der Waals surface area contributed by atoms with Crippen LogP contribution < -0.4 is 20.7 Å². The molecule has 2 aromatic rings. The van der Waals surface area contributed by atoms with Crippen LogP contribution in [0.4, 0.5) is 5.13 Å². The standard InChI is InChI=1S/C32H42ClN5O6S/c1-4-43-28(40)17-23-19-45-31(35-23)37-27(39)18-38-12-10-32(11-13-38)9-5-6-14-44-26-8-7-22(33)16-24(26)29(41)36-25(15-21(2)3)30(42)34-20-32/h5-8,16,19,21,25H,4,9-15,17-18,20H2,1-3H3,(H,34,42)(H,36,41)(H,35,37,39)/b6-5+/t25-/m0/s1. The van der Waals surface area contributed by atoms with Crippen molar-refractivity contribution in [2.45, 2.75) is 58.9 Å². The first kappa shape index (κ1) is 34.4. The van der Waals surface area contributed by atoms with Gasteiger partial charge in [-0.25, -0.2) is 4.98 Å². The fraction of sp³-hybridized carbons (Fsp3) is 0.531. The predicted octanol–water partition coefficient (Wildman–Crippen LogP) is 4.22. The molecule has 0 radical (unpaired) electrons. The molecule has 4 rings (SSSR count). The van der Waals surface area contributed by atoms with Gasteiger partial charge in [-0.15, -0.1) is 11.3 Å². The third-order valence-electron chi connectivity index (χ3n) is 7.92. The van der Waals surface area contributed by atoms with Crippen molar-refractivity contribution < 1.29 is 28.7 Å². The number of likely N-dealkylation sites (tertiary alicyclic amines) is 1. The molecular formula is C32H42ClN5O6S. The SMILES string of the molecule is CCOC(=O)Cc1csc(NC(=O)CN2CCC3(C/C=C/COc4ccc(Cl)cc4C(=O)N[C@@H](CC(C)C)C(=O)NC3)CC2)n1. The molecule has 1 fully saturated rings. The predicted molar refractivity (Wildman–Crippen MR) is 174 cm³/mol. The van der Waals surface area contributed by atoms with Crippen molar-refractivity contribution in [1.29, 1.82) is 0 Å². The zero-order valence-corrected chi connectivity index (χ0v) is 27.6. The normalized spacial score (nSPS) is 19.9. The molecule has 244 valence electrons. The number of esters is 1. The molecule has 11 nitrogen and oxygen atoms in total. The van der Waals surface area contributed by atoms with E-state index in [1.807, 2.05) is 19.9 Å². The number of halogens is 1. The Morgan fingerprint density at radius 1 is 1.24 bits per heavy atom. The average molecular weight is 660 g/mol. The van der Waals surface area contributed by atoms with E-state index in [-0.39, 0.29) is 54.3 Å². The highest BCUT2D eigenvalue weighted by Crippen LogP contribution is 2.35. The summed E-state index contributed by atoms with van der Waals surface area (Å²) in [5, 5.41) is 11.5. The number of carbonyl (C=O) groups excluding carboxylic acids is 4. The van der Waals surface area contributed by atoms with Crippen LogP contribution >= 0.6 is 22.9 Å². The maximum absolute atomic E-state index is 13.5. The van der Waals surface area contributed by atoms with Gasteiger partial charge >= 0.3 is 5.97 Å². The summed E-state index contributed by atoms with van der Waals surface area (Å²) in [4.78, 5) is 57.6. The topological polar surface area (TPSA) is 139 Å². The molecule has 0 saturated carbocycles. The smallest absolute Gasteiger partial charge is 0.311 e. The Labute approximate surface area is 273 Å². The van der Waals surface area contributed by atoms with E-state index in [1.165, 1.54) is 11.3 Å². The molecule has 1 aromatic carbocycles. The van der Waals surface area contributed by atoms with E-state index in [0.29, 0.717) is 54.3 Å². The van der Waals surface area contributed by atoms with Crippen molar-refractivity contribution in [2.24, 2.45) is 11.3 Å². The van der Waals surface area contributed by atoms with Crippen LogP contribution in [0.1, 0.15) is 62.5 Å². The summed E-state index contributed by atoms with van der Waals surface area (Å²) in [5.41, 5.74) is 0.638. The van der Waals surface area contributed by atoms with Crippen molar-refractivity contribution in [2.75, 3.05) is 44.7 Å². The molecule has 3 amide bonds. The zero-order valence-electron chi connectivity index (χ0n) is 26.0. The van der Waals surface area contributed by atoms with Gasteiger partial charge in [-0.05, 0) is 75.2 Å². The van der Waals surface area contributed by atoms with Crippen LogP contribution in [0.15, 0.2) is 35.7 Å². The van der Waals surface area contributed by atoms with Gasteiger partial charge in [0, 0.05) is 16.9 Å². The summed E-state index contributed by atoms with van der Waals surface area (Å²) in [5.74, 6) is -0.590. The summed E-state index contributed by atoms with van der Waals surface area (Å²) >= 11 is 7.45. The number of ether oxygens (including phenoxy) is 2. The van der Waals surface area contributed by atoms with E-state index in [1.54, 1.807) is 30.5 Å². The molecule has 1 aromatic heterocycles. The molecule has 13 heteroatoms. The molecule has 0 bridgehead atoms. The van der Waals surface area contributed by atoms with Gasteiger partial charge in [0.25, 0.3) is 5.91 Å². The first-order chi connectivity index (χ1) is 21.6. The fourth-order valence-corrected chi connectivity index (χ4v) is 6.39. The summed E-state index contributed by atoms with van der Waals surface area (Å²) in [6.45, 7) is 8.38. The number of thiazole rings is 1. The molecule has 1 spiro atoms. The number of aromatic nitrogens is 1. The summed E-state index contributed by atoms with van der Waals surface area (Å²) in [6.07, 6.45) is 6.82. The first-order valence-corrected chi connectivity index (χ1v) is 16.6. The minimum absolute atomic E-state index is 0.0677. The molecule has 1 atom stereocenters. The van der Waals surface area contributed by atoms with Gasteiger partial charge in [0.15, 0.2) is 5.13 Å². The number of hydrogen-bond acceptors (Lipinski definition) is 9. The Kier molecular flexibility index (Phi) is 12.4. The van der Waals surface area contributed by atoms with Gasteiger partial charge in [-0.1, -0.05) is 37.6 Å². The average Bonchev–Trinajstić information content (AvgIpc) is 3.42. The van der Waals surface area contributed by atoms with E-state index >= 15 is 0 Å². The lowest BCUT2D eigenvalue weighted by molar-refractivity contribution is -0.142. The van der Waals surface area contributed by atoms with Crippen LogP contribution in [0.25, 0.3) is 0 Å². The Bertz CT molecular complexity index is 1390. The highest BCUT2D eigenvalue weighted by molar-refractivity contribution is 7.13. The van der Waals surface area contributed by atoms with Crippen molar-refractivity contribution in [3.8, 4) is 5.75 Å². The fourth-order valence-electron chi connectivity index (χ4n) is 5.49. The van der Waals surface area contributed by atoms with Crippen LogP contribution in [0, 0.1) is 11.3 Å². The lowest BCUT2D eigenvalue weighted by Gasteiger charge is -2.41. The van der Waals surface area contributed by atoms with Crippen LogP contribution in [-0.2, 0) is 25.5 Å². The largest absolute Gasteiger partial charge is 0.489 e. The van der Waals surface area contributed by atoms with Gasteiger partial charge in [0.1, 0.15) is 18.4 Å². The van der Waals surface area contributed by atoms with Crippen LogP contribution in [0.2, 0.25) is 5.02 Å². The lowest BCUT2D eigenvalue weighted by atomic mass is 9.75. The Morgan fingerprint density at radius 3 is 2.76 bits per heavy atom. The number of anilines is 1. The van der Waals surface area contributed by atoms with Gasteiger partial charge < -0.3 is 25.4 Å². The number of carbonyl (C=O) groups is 4. The molecule has 3 N–H and O–H groups in total. The highest BCUT2D eigenvalue weighted by Gasteiger charge is 2.36. The Hall–Kier alpha value is -3.48. The number of nitrogens with one attached hydrogen (secondary N) is 3. The quantitative estimate of drug-likeness (QED) is 0.283. The van der Waals surface area contributed by atoms with E-state index in [9.17, 15) is 19.2 Å². The van der Waals surface area contributed by atoms with E-state index in [2.05, 4.69) is 31.9 Å². The van der Waals surface area contributed by atoms with Gasteiger partial charge in [0.05, 0.1) is 30.8 Å². The minimum atomic E-state index is -0.715. The second kappa shape index (κ2) is 16.2.